The molecule has 0 radical (unpaired) electrons. The van der Waals surface area contributed by atoms with E-state index in [1.165, 1.54) is 57.8 Å². The summed E-state index contributed by atoms with van der Waals surface area (Å²) < 4.78 is 34.9. The number of nitrogens with zero attached hydrogens (tertiary/aromatic N) is 1. The Kier molecular flexibility index (Phi) is 33.5. The van der Waals surface area contributed by atoms with Gasteiger partial charge in [0.15, 0.2) is 0 Å². The molecule has 8 nitrogen and oxygen atoms in total. The predicted octanol–water partition coefficient (Wildman–Crippen LogP) is 11.2. The molecule has 0 aromatic rings. The second kappa shape index (κ2) is 34.5. The highest BCUT2D eigenvalue weighted by atomic mass is 31.2. The van der Waals surface area contributed by atoms with E-state index in [-0.39, 0.29) is 25.8 Å². The fourth-order valence-electron chi connectivity index (χ4n) is 5.03. The van der Waals surface area contributed by atoms with Crippen molar-refractivity contribution in [1.82, 2.24) is 0 Å². The van der Waals surface area contributed by atoms with Crippen LogP contribution in [0.4, 0.5) is 0 Å². The summed E-state index contributed by atoms with van der Waals surface area (Å²) >= 11 is 0. The molecule has 2 unspecified atom stereocenters. The van der Waals surface area contributed by atoms with Gasteiger partial charge in [-0.05, 0) is 70.6 Å². The van der Waals surface area contributed by atoms with Gasteiger partial charge < -0.3 is 18.9 Å². The average molecular weight is 727 g/mol. The lowest BCUT2D eigenvalue weighted by Crippen LogP contribution is -2.37. The highest BCUT2D eigenvalue weighted by molar-refractivity contribution is 7.47. The molecule has 50 heavy (non-hydrogen) atoms. The number of hydrogen-bond acceptors (Lipinski definition) is 6. The van der Waals surface area contributed by atoms with E-state index in [1.807, 2.05) is 21.1 Å². The van der Waals surface area contributed by atoms with Crippen LogP contribution in [0.1, 0.15) is 149 Å². The Morgan fingerprint density at radius 3 is 1.76 bits per heavy atom. The molecule has 0 saturated heterocycles. The summed E-state index contributed by atoms with van der Waals surface area (Å²) in [7, 11) is 1.64. The molecule has 0 heterocycles. The van der Waals surface area contributed by atoms with Gasteiger partial charge in [0.05, 0.1) is 34.4 Å². The quantitative estimate of drug-likeness (QED) is 0.0226. The van der Waals surface area contributed by atoms with E-state index in [0.29, 0.717) is 24.1 Å². The van der Waals surface area contributed by atoms with Gasteiger partial charge in [0, 0.05) is 13.0 Å². The lowest BCUT2D eigenvalue weighted by atomic mass is 10.1. The van der Waals surface area contributed by atoms with E-state index in [1.54, 1.807) is 0 Å². The highest BCUT2D eigenvalue weighted by Crippen LogP contribution is 2.43. The number of phosphoric acid groups is 1. The van der Waals surface area contributed by atoms with Crippen LogP contribution in [-0.2, 0) is 27.9 Å². The standard InChI is InChI=1S/C41H76NO7P/c1-6-8-10-12-14-16-18-20-21-22-24-26-28-30-32-34-41(43)49-40(39-48-50(44,45)47-37-35-42(3,4)5)38-46-36-33-31-29-27-25-23-19-17-15-13-11-9-7-2/h8,10,14-17,20-21,40H,6-7,9,11-13,18-19,22-39H2,1-5H3/p+1/b10-8-,16-14-,17-15-,21-20-. The molecular weight excluding hydrogens is 649 g/mol. The van der Waals surface area contributed by atoms with E-state index in [0.717, 1.165) is 70.6 Å². The monoisotopic (exact) mass is 727 g/mol. The Morgan fingerprint density at radius 2 is 1.16 bits per heavy atom. The number of unbranched alkanes of at least 4 members (excludes halogenated alkanes) is 14. The van der Waals surface area contributed by atoms with Gasteiger partial charge in [0.25, 0.3) is 0 Å². The third-order valence-electron chi connectivity index (χ3n) is 8.12. The van der Waals surface area contributed by atoms with Crippen LogP contribution >= 0.6 is 7.82 Å². The first-order valence-electron chi connectivity index (χ1n) is 19.9. The molecule has 0 bridgehead atoms. The molecule has 0 rings (SSSR count). The van der Waals surface area contributed by atoms with Crippen molar-refractivity contribution in [3.8, 4) is 0 Å². The summed E-state index contributed by atoms with van der Waals surface area (Å²) in [5, 5.41) is 0. The predicted molar refractivity (Wildman–Crippen MR) is 210 cm³/mol. The Balaban J connectivity index is 4.34. The molecule has 0 saturated carbocycles. The van der Waals surface area contributed by atoms with Crippen molar-refractivity contribution in [3.05, 3.63) is 48.6 Å². The van der Waals surface area contributed by atoms with Crippen molar-refractivity contribution in [2.45, 2.75) is 155 Å². The zero-order chi connectivity index (χ0) is 37.0. The Morgan fingerprint density at radius 1 is 0.640 bits per heavy atom. The number of quaternary nitrogens is 1. The number of hydrogen-bond donors (Lipinski definition) is 1. The molecule has 0 fully saturated rings. The first-order valence-corrected chi connectivity index (χ1v) is 21.4. The minimum absolute atomic E-state index is 0.0822. The van der Waals surface area contributed by atoms with Gasteiger partial charge in [-0.25, -0.2) is 4.57 Å². The van der Waals surface area contributed by atoms with Crippen molar-refractivity contribution in [1.29, 1.82) is 0 Å². The van der Waals surface area contributed by atoms with E-state index in [4.69, 9.17) is 18.5 Å². The number of carbonyl (C=O) groups is 1. The maximum absolute atomic E-state index is 12.6. The molecule has 0 spiro atoms. The molecule has 0 aliphatic rings. The molecule has 9 heteroatoms. The maximum Gasteiger partial charge on any atom is 0.472 e. The Hall–Kier alpha value is -1.54. The largest absolute Gasteiger partial charge is 0.472 e. The highest BCUT2D eigenvalue weighted by Gasteiger charge is 2.26. The summed E-state index contributed by atoms with van der Waals surface area (Å²) in [6.07, 6.45) is 39.9. The molecular formula is C41H77NO7P+. The normalized spacial score (nSPS) is 14.4. The number of carbonyl (C=O) groups excluding carboxylic acids is 1. The zero-order valence-electron chi connectivity index (χ0n) is 32.9. The molecule has 0 amide bonds. The van der Waals surface area contributed by atoms with Gasteiger partial charge in [0.2, 0.25) is 0 Å². The van der Waals surface area contributed by atoms with Gasteiger partial charge >= 0.3 is 13.8 Å². The van der Waals surface area contributed by atoms with Gasteiger partial charge in [-0.3, -0.25) is 13.8 Å². The third kappa shape index (κ3) is 37.7. The van der Waals surface area contributed by atoms with E-state index in [2.05, 4.69) is 62.5 Å². The minimum atomic E-state index is -4.28. The number of phosphoric ester groups is 1. The molecule has 0 aliphatic carbocycles. The van der Waals surface area contributed by atoms with Crippen molar-refractivity contribution >= 4 is 13.8 Å². The number of ether oxygens (including phenoxy) is 2. The van der Waals surface area contributed by atoms with Crippen molar-refractivity contribution in [3.63, 3.8) is 0 Å². The summed E-state index contributed by atoms with van der Waals surface area (Å²) in [5.41, 5.74) is 0. The topological polar surface area (TPSA) is 91.3 Å². The molecule has 0 aromatic carbocycles. The molecule has 0 aliphatic heterocycles. The van der Waals surface area contributed by atoms with Crippen molar-refractivity contribution in [2.24, 2.45) is 0 Å². The lowest BCUT2D eigenvalue weighted by Gasteiger charge is -2.24. The van der Waals surface area contributed by atoms with Crippen LogP contribution in [0, 0.1) is 0 Å². The SMILES string of the molecule is CC/C=C\C/C=C\C/C=C\CCCCCCCC(=O)OC(COCCCCCCCC/C=C\CCCCC)COP(=O)(O)OCC[N+](C)(C)C. The van der Waals surface area contributed by atoms with Crippen molar-refractivity contribution < 1.29 is 37.3 Å². The first-order chi connectivity index (χ1) is 24.1. The van der Waals surface area contributed by atoms with Gasteiger partial charge in [-0.1, -0.05) is 120 Å². The molecule has 292 valence electrons. The second-order valence-corrected chi connectivity index (χ2v) is 15.7. The Bertz CT molecular complexity index is 942. The fraction of sp³-hybridized carbons (Fsp3) is 0.780. The summed E-state index contributed by atoms with van der Waals surface area (Å²) in [5.74, 6) is -0.335. The number of rotatable bonds is 36. The molecule has 0 aromatic heterocycles. The fourth-order valence-corrected chi connectivity index (χ4v) is 5.77. The second-order valence-electron chi connectivity index (χ2n) is 14.3. The van der Waals surface area contributed by atoms with E-state index < -0.39 is 13.9 Å². The lowest BCUT2D eigenvalue weighted by molar-refractivity contribution is -0.870. The smallest absolute Gasteiger partial charge is 0.457 e. The number of esters is 1. The van der Waals surface area contributed by atoms with Crippen LogP contribution in [0.15, 0.2) is 48.6 Å². The Labute approximate surface area is 308 Å². The van der Waals surface area contributed by atoms with Crippen LogP contribution in [0.2, 0.25) is 0 Å². The van der Waals surface area contributed by atoms with Crippen LogP contribution < -0.4 is 0 Å². The van der Waals surface area contributed by atoms with Gasteiger partial charge in [0.1, 0.15) is 19.3 Å². The molecule has 1 N–H and O–H groups in total. The number of likely N-dealkylation sites (N-methyl/N-ethyl adjacent to an activating group) is 1. The minimum Gasteiger partial charge on any atom is -0.457 e. The summed E-state index contributed by atoms with van der Waals surface area (Å²) in [4.78, 5) is 22.8. The van der Waals surface area contributed by atoms with Gasteiger partial charge in [-0.2, -0.15) is 0 Å². The van der Waals surface area contributed by atoms with Gasteiger partial charge in [-0.15, -0.1) is 0 Å². The van der Waals surface area contributed by atoms with Crippen molar-refractivity contribution in [2.75, 3.05) is 54.1 Å². The zero-order valence-corrected chi connectivity index (χ0v) is 33.8. The number of allylic oxidation sites excluding steroid dienone is 8. The van der Waals surface area contributed by atoms with E-state index >= 15 is 0 Å². The third-order valence-corrected chi connectivity index (χ3v) is 9.11. The van der Waals surface area contributed by atoms with Crippen LogP contribution in [0.25, 0.3) is 0 Å². The van der Waals surface area contributed by atoms with Crippen LogP contribution in [-0.4, -0.2) is 75.6 Å². The maximum atomic E-state index is 12.6. The van der Waals surface area contributed by atoms with Crippen LogP contribution in [0.3, 0.4) is 0 Å². The first kappa shape index (κ1) is 48.5. The summed E-state index contributed by atoms with van der Waals surface area (Å²) in [6, 6.07) is 0. The average Bonchev–Trinajstić information content (AvgIpc) is 3.06. The summed E-state index contributed by atoms with van der Waals surface area (Å²) in [6.45, 7) is 5.43. The van der Waals surface area contributed by atoms with E-state index in [9.17, 15) is 14.3 Å². The molecule has 2 atom stereocenters. The van der Waals surface area contributed by atoms with Crippen LogP contribution in [0.5, 0.6) is 0 Å².